The maximum Gasteiger partial charge on any atom is 0.335 e. The fraction of sp³-hybridized carbons (Fsp3) is 0.429. The quantitative estimate of drug-likeness (QED) is 0.769. The number of carbonyl (C=O) groups is 2. The van der Waals surface area contributed by atoms with Crippen LogP contribution >= 0.6 is 0 Å². The molecule has 2 rings (SSSR count). The summed E-state index contributed by atoms with van der Waals surface area (Å²) in [4.78, 5) is 22.4. The van der Waals surface area contributed by atoms with Crippen molar-refractivity contribution in [1.29, 1.82) is 0 Å². The van der Waals surface area contributed by atoms with E-state index in [1.165, 1.54) is 12.1 Å². The second-order valence-corrected chi connectivity index (χ2v) is 4.73. The smallest absolute Gasteiger partial charge is 0.335 e. The first kappa shape index (κ1) is 14.3. The second-order valence-electron chi connectivity index (χ2n) is 4.73. The Morgan fingerprint density at radius 2 is 1.95 bits per heavy atom. The van der Waals surface area contributed by atoms with Gasteiger partial charge in [-0.3, -0.25) is 0 Å². The fourth-order valence-corrected chi connectivity index (χ4v) is 2.10. The summed E-state index contributed by atoms with van der Waals surface area (Å²) in [6.07, 6.45) is 1.92. The third kappa shape index (κ3) is 3.71. The highest BCUT2D eigenvalue weighted by atomic mass is 16.5. The first-order valence-corrected chi connectivity index (χ1v) is 6.61. The zero-order valence-electron chi connectivity index (χ0n) is 11.3. The number of hydrogen-bond donors (Lipinski definition) is 3. The molecule has 1 aliphatic carbocycles. The molecule has 2 amide bonds. The van der Waals surface area contributed by atoms with Crippen molar-refractivity contribution < 1.29 is 19.4 Å². The first-order chi connectivity index (χ1) is 9.58. The Bertz CT molecular complexity index is 480. The van der Waals surface area contributed by atoms with Crippen LogP contribution < -0.4 is 10.6 Å². The molecular formula is C14H18N2O4. The zero-order chi connectivity index (χ0) is 14.5. The van der Waals surface area contributed by atoms with Crippen molar-refractivity contribution in [2.24, 2.45) is 0 Å². The lowest BCUT2D eigenvalue weighted by Gasteiger charge is -2.35. The molecule has 6 heteroatoms. The van der Waals surface area contributed by atoms with Crippen molar-refractivity contribution in [2.45, 2.75) is 31.9 Å². The lowest BCUT2D eigenvalue weighted by Crippen LogP contribution is -2.49. The standard InChI is InChI=1S/C14H18N2O4/c1-2-20-12-7-11(8-12)16-14(19)15-10-5-3-9(4-6-10)13(17)18/h3-6,11-12H,2,7-8H2,1H3,(H,17,18)(H2,15,16,19). The molecule has 0 bridgehead atoms. The maximum absolute atomic E-state index is 11.7. The molecule has 20 heavy (non-hydrogen) atoms. The van der Waals surface area contributed by atoms with Crippen LogP contribution in [0.25, 0.3) is 0 Å². The van der Waals surface area contributed by atoms with Crippen LogP contribution in [0, 0.1) is 0 Å². The summed E-state index contributed by atoms with van der Waals surface area (Å²) in [7, 11) is 0. The minimum atomic E-state index is -0.988. The van der Waals surface area contributed by atoms with Gasteiger partial charge in [0.05, 0.1) is 11.7 Å². The van der Waals surface area contributed by atoms with E-state index >= 15 is 0 Å². The normalized spacial score (nSPS) is 20.9. The Kier molecular flexibility index (Phi) is 4.57. The van der Waals surface area contributed by atoms with Gasteiger partial charge in [0.1, 0.15) is 0 Å². The Labute approximate surface area is 117 Å². The molecule has 6 nitrogen and oxygen atoms in total. The first-order valence-electron chi connectivity index (χ1n) is 6.61. The van der Waals surface area contributed by atoms with Crippen molar-refractivity contribution in [1.82, 2.24) is 5.32 Å². The van der Waals surface area contributed by atoms with Crippen LogP contribution in [-0.4, -0.2) is 35.9 Å². The summed E-state index contributed by atoms with van der Waals surface area (Å²) in [6, 6.07) is 5.89. The van der Waals surface area contributed by atoms with E-state index in [1.54, 1.807) is 12.1 Å². The van der Waals surface area contributed by atoms with E-state index in [1.807, 2.05) is 6.92 Å². The molecule has 0 atom stereocenters. The average molecular weight is 278 g/mol. The predicted octanol–water partition coefficient (Wildman–Crippen LogP) is 2.07. The minimum Gasteiger partial charge on any atom is -0.478 e. The van der Waals surface area contributed by atoms with Gasteiger partial charge in [0.2, 0.25) is 0 Å². The molecular weight excluding hydrogens is 260 g/mol. The number of rotatable bonds is 5. The monoisotopic (exact) mass is 278 g/mol. The topological polar surface area (TPSA) is 87.7 Å². The third-order valence-electron chi connectivity index (χ3n) is 3.22. The largest absolute Gasteiger partial charge is 0.478 e. The van der Waals surface area contributed by atoms with E-state index in [0.717, 1.165) is 12.8 Å². The number of carboxylic acid groups (broad SMARTS) is 1. The Hall–Kier alpha value is -2.08. The predicted molar refractivity (Wildman–Crippen MR) is 74.0 cm³/mol. The highest BCUT2D eigenvalue weighted by Crippen LogP contribution is 2.23. The van der Waals surface area contributed by atoms with Crippen LogP contribution in [0.15, 0.2) is 24.3 Å². The molecule has 0 saturated heterocycles. The number of carbonyl (C=O) groups excluding carboxylic acids is 1. The average Bonchev–Trinajstić information content (AvgIpc) is 2.37. The summed E-state index contributed by atoms with van der Waals surface area (Å²) >= 11 is 0. The van der Waals surface area contributed by atoms with Crippen molar-refractivity contribution in [3.63, 3.8) is 0 Å². The summed E-state index contributed by atoms with van der Waals surface area (Å²) in [5, 5.41) is 14.3. The fourth-order valence-electron chi connectivity index (χ4n) is 2.10. The van der Waals surface area contributed by atoms with Gasteiger partial charge in [0.25, 0.3) is 0 Å². The Morgan fingerprint density at radius 3 is 2.50 bits per heavy atom. The third-order valence-corrected chi connectivity index (χ3v) is 3.22. The van der Waals surface area contributed by atoms with Gasteiger partial charge in [-0.25, -0.2) is 9.59 Å². The summed E-state index contributed by atoms with van der Waals surface area (Å²) in [5.41, 5.74) is 0.752. The highest BCUT2D eigenvalue weighted by Gasteiger charge is 2.30. The molecule has 1 saturated carbocycles. The van der Waals surface area contributed by atoms with Crippen LogP contribution in [0.5, 0.6) is 0 Å². The van der Waals surface area contributed by atoms with Crippen LogP contribution in [0.4, 0.5) is 10.5 Å². The molecule has 3 N–H and O–H groups in total. The van der Waals surface area contributed by atoms with E-state index in [2.05, 4.69) is 10.6 Å². The minimum absolute atomic E-state index is 0.143. The second kappa shape index (κ2) is 6.38. The Morgan fingerprint density at radius 1 is 1.30 bits per heavy atom. The van der Waals surface area contributed by atoms with Crippen molar-refractivity contribution in [3.8, 4) is 0 Å². The number of hydrogen-bond acceptors (Lipinski definition) is 3. The molecule has 0 heterocycles. The number of carboxylic acids is 1. The summed E-state index contributed by atoms with van der Waals surface area (Å²) < 4.78 is 5.42. The molecule has 0 spiro atoms. The summed E-state index contributed by atoms with van der Waals surface area (Å²) in [6.45, 7) is 2.65. The van der Waals surface area contributed by atoms with Crippen LogP contribution in [0.2, 0.25) is 0 Å². The molecule has 0 unspecified atom stereocenters. The molecule has 0 aromatic heterocycles. The zero-order valence-corrected chi connectivity index (χ0v) is 11.3. The van der Waals surface area contributed by atoms with E-state index < -0.39 is 5.97 Å². The van der Waals surface area contributed by atoms with Gasteiger partial charge in [0, 0.05) is 18.3 Å². The van der Waals surface area contributed by atoms with Gasteiger partial charge in [-0.05, 0) is 44.0 Å². The molecule has 108 valence electrons. The van der Waals surface area contributed by atoms with E-state index in [9.17, 15) is 9.59 Å². The van der Waals surface area contributed by atoms with Crippen LogP contribution in [0.1, 0.15) is 30.1 Å². The van der Waals surface area contributed by atoms with Gasteiger partial charge < -0.3 is 20.5 Å². The highest BCUT2D eigenvalue weighted by molar-refractivity contribution is 5.91. The van der Waals surface area contributed by atoms with E-state index in [-0.39, 0.29) is 23.7 Å². The number of aromatic carboxylic acids is 1. The van der Waals surface area contributed by atoms with Gasteiger partial charge in [-0.1, -0.05) is 0 Å². The molecule has 1 aliphatic rings. The Balaban J connectivity index is 1.76. The van der Waals surface area contributed by atoms with Crippen molar-refractivity contribution in [2.75, 3.05) is 11.9 Å². The van der Waals surface area contributed by atoms with E-state index in [4.69, 9.17) is 9.84 Å². The maximum atomic E-state index is 11.7. The number of amides is 2. The van der Waals surface area contributed by atoms with Crippen LogP contribution in [0.3, 0.4) is 0 Å². The SMILES string of the molecule is CCOC1CC(NC(=O)Nc2ccc(C(=O)O)cc2)C1. The number of urea groups is 1. The number of ether oxygens (including phenoxy) is 1. The number of nitrogens with one attached hydrogen (secondary N) is 2. The molecule has 1 aromatic rings. The van der Waals surface area contributed by atoms with Gasteiger partial charge >= 0.3 is 12.0 Å². The number of benzene rings is 1. The van der Waals surface area contributed by atoms with Crippen molar-refractivity contribution >= 4 is 17.7 Å². The molecule has 1 aromatic carbocycles. The van der Waals surface area contributed by atoms with Gasteiger partial charge in [0.15, 0.2) is 0 Å². The molecule has 1 fully saturated rings. The lowest BCUT2D eigenvalue weighted by atomic mass is 9.89. The molecule has 0 radical (unpaired) electrons. The van der Waals surface area contributed by atoms with Gasteiger partial charge in [-0.15, -0.1) is 0 Å². The van der Waals surface area contributed by atoms with Crippen molar-refractivity contribution in [3.05, 3.63) is 29.8 Å². The molecule has 0 aliphatic heterocycles. The van der Waals surface area contributed by atoms with E-state index in [0.29, 0.717) is 12.3 Å². The summed E-state index contributed by atoms with van der Waals surface area (Å²) in [5.74, 6) is -0.988. The number of anilines is 1. The van der Waals surface area contributed by atoms with Crippen LogP contribution in [-0.2, 0) is 4.74 Å². The lowest BCUT2D eigenvalue weighted by molar-refractivity contribution is -0.00673. The van der Waals surface area contributed by atoms with Gasteiger partial charge in [-0.2, -0.15) is 0 Å².